The van der Waals surface area contributed by atoms with Crippen molar-refractivity contribution >= 4 is 5.91 Å². The van der Waals surface area contributed by atoms with E-state index in [1.165, 1.54) is 17.7 Å². The molecule has 3 aromatic rings. The maximum atomic E-state index is 13.8. The number of carbonyl (C=O) groups is 1. The monoisotopic (exact) mass is 409 g/mol. The van der Waals surface area contributed by atoms with E-state index in [4.69, 9.17) is 4.74 Å². The molecule has 2 aromatic carbocycles. The molecule has 1 aromatic heterocycles. The van der Waals surface area contributed by atoms with Gasteiger partial charge >= 0.3 is 0 Å². The molecule has 0 radical (unpaired) electrons. The summed E-state index contributed by atoms with van der Waals surface area (Å²) in [7, 11) is 1.83. The fourth-order valence-corrected chi connectivity index (χ4v) is 3.52. The number of ether oxygens (including phenoxy) is 1. The minimum absolute atomic E-state index is 0.308. The van der Waals surface area contributed by atoms with Gasteiger partial charge in [-0.2, -0.15) is 0 Å². The van der Waals surface area contributed by atoms with E-state index in [0.29, 0.717) is 23.1 Å². The summed E-state index contributed by atoms with van der Waals surface area (Å²) in [6.45, 7) is 8.02. The van der Waals surface area contributed by atoms with Crippen LogP contribution in [0, 0.1) is 12.7 Å². The van der Waals surface area contributed by atoms with Crippen molar-refractivity contribution in [2.45, 2.75) is 45.8 Å². The molecule has 0 bridgehead atoms. The summed E-state index contributed by atoms with van der Waals surface area (Å²) in [6.07, 6.45) is 2.70. The number of rotatable bonds is 7. The largest absolute Gasteiger partial charge is 0.481 e. The second-order valence-electron chi connectivity index (χ2n) is 7.83. The molecule has 0 saturated heterocycles. The summed E-state index contributed by atoms with van der Waals surface area (Å²) in [4.78, 5) is 17.3. The number of aryl methyl sites for hydroxylation is 2. The normalized spacial score (nSPS) is 13.2. The summed E-state index contributed by atoms with van der Waals surface area (Å²) in [6, 6.07) is 11.4. The predicted octanol–water partition coefficient (Wildman–Crippen LogP) is 4.66. The minimum atomic E-state index is -0.731. The summed E-state index contributed by atoms with van der Waals surface area (Å²) in [5, 5.41) is 2.95. The van der Waals surface area contributed by atoms with Gasteiger partial charge < -0.3 is 14.6 Å². The van der Waals surface area contributed by atoms with E-state index in [9.17, 15) is 9.18 Å². The highest BCUT2D eigenvalue weighted by atomic mass is 19.1. The number of aromatic nitrogens is 2. The van der Waals surface area contributed by atoms with Crippen molar-refractivity contribution in [2.24, 2.45) is 7.05 Å². The third-order valence-electron chi connectivity index (χ3n) is 5.13. The van der Waals surface area contributed by atoms with E-state index in [0.717, 1.165) is 5.56 Å². The van der Waals surface area contributed by atoms with Crippen LogP contribution >= 0.6 is 0 Å². The number of hydrogen-bond acceptors (Lipinski definition) is 3. The lowest BCUT2D eigenvalue weighted by Crippen LogP contribution is -2.39. The van der Waals surface area contributed by atoms with E-state index >= 15 is 0 Å². The van der Waals surface area contributed by atoms with Gasteiger partial charge in [0.15, 0.2) is 6.10 Å². The van der Waals surface area contributed by atoms with Crippen molar-refractivity contribution in [3.8, 4) is 5.75 Å². The molecule has 1 heterocycles. The predicted molar refractivity (Wildman–Crippen MR) is 115 cm³/mol. The molecule has 0 aliphatic rings. The molecule has 2 atom stereocenters. The third-order valence-corrected chi connectivity index (χ3v) is 5.13. The second-order valence-corrected chi connectivity index (χ2v) is 7.83. The Balaban J connectivity index is 1.78. The van der Waals surface area contributed by atoms with Gasteiger partial charge in [-0.05, 0) is 60.7 Å². The molecule has 3 rings (SSSR count). The number of benzene rings is 2. The Bertz CT molecular complexity index is 1030. The Labute approximate surface area is 176 Å². The first-order chi connectivity index (χ1) is 14.3. The highest BCUT2D eigenvalue weighted by Crippen LogP contribution is 2.25. The van der Waals surface area contributed by atoms with E-state index in [2.05, 4.69) is 24.1 Å². The molecule has 1 amide bonds. The number of carbonyl (C=O) groups excluding carboxylic acids is 1. The lowest BCUT2D eigenvalue weighted by Gasteiger charge is -2.22. The summed E-state index contributed by atoms with van der Waals surface area (Å²) in [5.74, 6) is 0.991. The maximum absolute atomic E-state index is 13.8. The van der Waals surface area contributed by atoms with Gasteiger partial charge in [-0.3, -0.25) is 4.79 Å². The second kappa shape index (κ2) is 9.11. The van der Waals surface area contributed by atoms with Crippen molar-refractivity contribution in [1.29, 1.82) is 0 Å². The van der Waals surface area contributed by atoms with E-state index < -0.39 is 12.1 Å². The topological polar surface area (TPSA) is 56.1 Å². The summed E-state index contributed by atoms with van der Waals surface area (Å²) < 4.78 is 21.5. The van der Waals surface area contributed by atoms with Crippen LogP contribution < -0.4 is 10.1 Å². The van der Waals surface area contributed by atoms with Crippen molar-refractivity contribution in [3.63, 3.8) is 0 Å². The van der Waals surface area contributed by atoms with Gasteiger partial charge in [0.25, 0.3) is 5.91 Å². The van der Waals surface area contributed by atoms with Crippen LogP contribution in [0.15, 0.2) is 54.9 Å². The average Bonchev–Trinajstić information content (AvgIpc) is 3.11. The summed E-state index contributed by atoms with van der Waals surface area (Å²) >= 11 is 0. The van der Waals surface area contributed by atoms with E-state index in [1.54, 1.807) is 36.0 Å². The lowest BCUT2D eigenvalue weighted by atomic mass is 9.98. The Kier molecular flexibility index (Phi) is 6.55. The quantitative estimate of drug-likeness (QED) is 0.617. The SMILES string of the molecule is Cc1cc(O[C@H](C)C(=O)N[C@H](c2cccc(F)c2)c2nccn2C)ccc1C(C)C. The first-order valence-electron chi connectivity index (χ1n) is 10.1. The third kappa shape index (κ3) is 4.87. The first kappa shape index (κ1) is 21.6. The molecule has 0 spiro atoms. The zero-order valence-corrected chi connectivity index (χ0v) is 18.0. The van der Waals surface area contributed by atoms with Gasteiger partial charge in [0, 0.05) is 19.4 Å². The van der Waals surface area contributed by atoms with Crippen molar-refractivity contribution < 1.29 is 13.9 Å². The number of amides is 1. The molecule has 0 aliphatic heterocycles. The van der Waals surface area contributed by atoms with Crippen LogP contribution in [0.25, 0.3) is 0 Å². The first-order valence-corrected chi connectivity index (χ1v) is 10.1. The highest BCUT2D eigenvalue weighted by molar-refractivity contribution is 5.81. The van der Waals surface area contributed by atoms with Crippen LogP contribution in [0.4, 0.5) is 4.39 Å². The van der Waals surface area contributed by atoms with Gasteiger partial charge in [-0.1, -0.05) is 32.0 Å². The van der Waals surface area contributed by atoms with Crippen LogP contribution in [0.3, 0.4) is 0 Å². The fourth-order valence-electron chi connectivity index (χ4n) is 3.52. The maximum Gasteiger partial charge on any atom is 0.261 e. The molecule has 0 fully saturated rings. The molecule has 0 aliphatic carbocycles. The molecule has 0 unspecified atom stereocenters. The number of nitrogens with one attached hydrogen (secondary N) is 1. The van der Waals surface area contributed by atoms with Crippen molar-refractivity contribution in [1.82, 2.24) is 14.9 Å². The van der Waals surface area contributed by atoms with Gasteiger partial charge in [-0.15, -0.1) is 0 Å². The molecule has 158 valence electrons. The fraction of sp³-hybridized carbons (Fsp3) is 0.333. The van der Waals surface area contributed by atoms with Gasteiger partial charge in [-0.25, -0.2) is 9.37 Å². The van der Waals surface area contributed by atoms with Crippen LogP contribution in [0.5, 0.6) is 5.75 Å². The van der Waals surface area contributed by atoms with Crippen molar-refractivity contribution in [2.75, 3.05) is 0 Å². The Morgan fingerprint density at radius 2 is 1.93 bits per heavy atom. The van der Waals surface area contributed by atoms with Crippen LogP contribution in [0.1, 0.15) is 55.2 Å². The lowest BCUT2D eigenvalue weighted by molar-refractivity contribution is -0.127. The van der Waals surface area contributed by atoms with Gasteiger partial charge in [0.2, 0.25) is 0 Å². The van der Waals surface area contributed by atoms with E-state index in [1.807, 2.05) is 32.2 Å². The standard InChI is InChI=1S/C24H28FN3O2/c1-15(2)21-10-9-20(13-16(21)3)30-17(4)24(29)27-22(23-26-11-12-28(23)5)18-7-6-8-19(25)14-18/h6-15,17,22H,1-5H3,(H,27,29)/t17-,22-/m1/s1. The number of nitrogens with zero attached hydrogens (tertiary/aromatic N) is 2. The van der Waals surface area contributed by atoms with Crippen LogP contribution in [-0.4, -0.2) is 21.6 Å². The smallest absolute Gasteiger partial charge is 0.261 e. The van der Waals surface area contributed by atoms with Gasteiger partial charge in [0.1, 0.15) is 23.4 Å². The van der Waals surface area contributed by atoms with E-state index in [-0.39, 0.29) is 11.7 Å². The molecule has 5 nitrogen and oxygen atoms in total. The van der Waals surface area contributed by atoms with Crippen LogP contribution in [0.2, 0.25) is 0 Å². The number of halogens is 1. The van der Waals surface area contributed by atoms with Crippen molar-refractivity contribution in [3.05, 3.63) is 83.2 Å². The van der Waals surface area contributed by atoms with Gasteiger partial charge in [0.05, 0.1) is 0 Å². The average molecular weight is 410 g/mol. The molecular weight excluding hydrogens is 381 g/mol. The van der Waals surface area contributed by atoms with Crippen LogP contribution in [-0.2, 0) is 11.8 Å². The Morgan fingerprint density at radius 1 is 1.17 bits per heavy atom. The summed E-state index contributed by atoms with van der Waals surface area (Å²) in [5.41, 5.74) is 2.99. The number of imidazole rings is 1. The zero-order valence-electron chi connectivity index (χ0n) is 18.0. The molecular formula is C24H28FN3O2. The number of hydrogen-bond donors (Lipinski definition) is 1. The molecule has 30 heavy (non-hydrogen) atoms. The minimum Gasteiger partial charge on any atom is -0.481 e. The Hall–Kier alpha value is -3.15. The Morgan fingerprint density at radius 3 is 2.53 bits per heavy atom. The molecule has 0 saturated carbocycles. The highest BCUT2D eigenvalue weighted by Gasteiger charge is 2.25. The molecule has 6 heteroatoms. The molecule has 1 N–H and O–H groups in total. The zero-order chi connectivity index (χ0) is 21.8.